The van der Waals surface area contributed by atoms with Crippen LogP contribution in [0.25, 0.3) is 0 Å². The number of rotatable bonds is 4. The highest BCUT2D eigenvalue weighted by atomic mass is 35.5. The maximum atomic E-state index is 13.1. The average Bonchev–Trinajstić information content (AvgIpc) is 3.27. The molecule has 1 saturated heterocycles. The quantitative estimate of drug-likeness (QED) is 0.663. The normalized spacial score (nSPS) is 30.7. The van der Waals surface area contributed by atoms with E-state index in [0.29, 0.717) is 10.6 Å². The van der Waals surface area contributed by atoms with Gasteiger partial charge in [-0.1, -0.05) is 35.9 Å². The number of allylic oxidation sites excluding steroid dienone is 2. The molecule has 0 radical (unpaired) electrons. The van der Waals surface area contributed by atoms with Crippen molar-refractivity contribution in [2.75, 3.05) is 7.05 Å². The number of carbonyl (C=O) groups excluding carboxylic acids is 3. The van der Waals surface area contributed by atoms with Gasteiger partial charge in [0.05, 0.1) is 24.3 Å². The van der Waals surface area contributed by atoms with Gasteiger partial charge in [0.25, 0.3) is 0 Å². The lowest BCUT2D eigenvalue weighted by Crippen LogP contribution is -2.39. The Bertz CT molecular complexity index is 761. The van der Waals surface area contributed by atoms with Crippen LogP contribution in [-0.2, 0) is 14.4 Å². The van der Waals surface area contributed by atoms with Gasteiger partial charge in [-0.2, -0.15) is 0 Å². The molecule has 5 nitrogen and oxygen atoms in total. The van der Waals surface area contributed by atoms with Crippen molar-refractivity contribution in [1.29, 1.82) is 0 Å². The minimum Gasteiger partial charge on any atom is -0.359 e. The van der Waals surface area contributed by atoms with Crippen LogP contribution in [0.1, 0.15) is 24.4 Å². The highest BCUT2D eigenvalue weighted by molar-refractivity contribution is 6.30. The fourth-order valence-electron chi connectivity index (χ4n) is 4.58. The molecule has 1 aliphatic heterocycles. The van der Waals surface area contributed by atoms with Crippen LogP contribution in [-0.4, -0.2) is 29.7 Å². The molecule has 2 bridgehead atoms. The van der Waals surface area contributed by atoms with Gasteiger partial charge in [0.1, 0.15) is 0 Å². The van der Waals surface area contributed by atoms with Gasteiger partial charge in [-0.3, -0.25) is 19.3 Å². The van der Waals surface area contributed by atoms with Crippen LogP contribution in [0.15, 0.2) is 36.4 Å². The molecular formula is C19H19ClN2O3. The number of likely N-dealkylation sites (tertiary alicyclic amines) is 1. The monoisotopic (exact) mass is 358 g/mol. The minimum atomic E-state index is -0.622. The molecule has 3 amide bonds. The number of halogens is 1. The first kappa shape index (κ1) is 16.3. The molecule has 2 fully saturated rings. The first-order chi connectivity index (χ1) is 12.0. The van der Waals surface area contributed by atoms with Crippen LogP contribution < -0.4 is 5.32 Å². The number of hydrogen-bond donors (Lipinski definition) is 1. The van der Waals surface area contributed by atoms with Gasteiger partial charge in [-0.05, 0) is 36.0 Å². The topological polar surface area (TPSA) is 66.5 Å². The fourth-order valence-corrected chi connectivity index (χ4v) is 4.78. The number of carbonyl (C=O) groups is 3. The summed E-state index contributed by atoms with van der Waals surface area (Å²) in [6.45, 7) is 0. The summed E-state index contributed by atoms with van der Waals surface area (Å²) in [4.78, 5) is 39.5. The van der Waals surface area contributed by atoms with Gasteiger partial charge in [-0.15, -0.1) is 0 Å². The lowest BCUT2D eigenvalue weighted by molar-refractivity contribution is -0.144. The maximum absolute atomic E-state index is 13.1. The molecular weight excluding hydrogens is 340 g/mol. The molecule has 0 spiro atoms. The number of hydrogen-bond acceptors (Lipinski definition) is 3. The zero-order valence-electron chi connectivity index (χ0n) is 13.8. The summed E-state index contributed by atoms with van der Waals surface area (Å²) in [5.41, 5.74) is 0.707. The van der Waals surface area contributed by atoms with Gasteiger partial charge >= 0.3 is 0 Å². The Morgan fingerprint density at radius 1 is 1.24 bits per heavy atom. The summed E-state index contributed by atoms with van der Waals surface area (Å²) < 4.78 is 0. The summed E-state index contributed by atoms with van der Waals surface area (Å²) in [5, 5.41) is 3.09. The van der Waals surface area contributed by atoms with E-state index in [1.807, 2.05) is 0 Å². The van der Waals surface area contributed by atoms with Crippen molar-refractivity contribution in [3.8, 4) is 0 Å². The smallest absolute Gasteiger partial charge is 0.234 e. The molecule has 1 heterocycles. The van der Waals surface area contributed by atoms with Crippen LogP contribution in [0.5, 0.6) is 0 Å². The summed E-state index contributed by atoms with van der Waals surface area (Å²) in [6.07, 6.45) is 5.05. The Morgan fingerprint density at radius 3 is 2.44 bits per heavy atom. The van der Waals surface area contributed by atoms with Crippen molar-refractivity contribution in [3.05, 3.63) is 47.0 Å². The highest BCUT2D eigenvalue weighted by Crippen LogP contribution is 2.54. The molecule has 1 aromatic carbocycles. The van der Waals surface area contributed by atoms with Crippen LogP contribution in [0.2, 0.25) is 5.02 Å². The SMILES string of the molecule is CNC(=O)CC(c1cccc(Cl)c1)N1C(=O)C2C3C=CC(C3)C2C1=O. The van der Waals surface area contributed by atoms with Gasteiger partial charge in [0, 0.05) is 12.1 Å². The Balaban J connectivity index is 1.71. The van der Waals surface area contributed by atoms with E-state index < -0.39 is 6.04 Å². The number of nitrogens with zero attached hydrogens (tertiary/aromatic N) is 1. The standard InChI is InChI=1S/C19H19ClN2O3/c1-21-15(23)9-14(10-3-2-4-13(20)8-10)22-18(24)16-11-5-6-12(7-11)17(16)19(22)25/h2-6,8,11-12,14,16-17H,7,9H2,1H3,(H,21,23). The molecule has 1 saturated carbocycles. The van der Waals surface area contributed by atoms with E-state index in [4.69, 9.17) is 11.6 Å². The second-order valence-corrected chi connectivity index (χ2v) is 7.43. The van der Waals surface area contributed by atoms with Crippen molar-refractivity contribution < 1.29 is 14.4 Å². The molecule has 3 aliphatic rings. The largest absolute Gasteiger partial charge is 0.359 e. The highest BCUT2D eigenvalue weighted by Gasteiger charge is 2.60. The van der Waals surface area contributed by atoms with Crippen LogP contribution in [0, 0.1) is 23.7 Å². The van der Waals surface area contributed by atoms with Gasteiger partial charge in [0.2, 0.25) is 17.7 Å². The molecule has 1 N–H and O–H groups in total. The molecule has 130 valence electrons. The number of fused-ring (bicyclic) bond motifs is 5. The zero-order valence-corrected chi connectivity index (χ0v) is 14.6. The van der Waals surface area contributed by atoms with E-state index in [2.05, 4.69) is 17.5 Å². The van der Waals surface area contributed by atoms with Crippen molar-refractivity contribution in [3.63, 3.8) is 0 Å². The average molecular weight is 359 g/mol. The van der Waals surface area contributed by atoms with Crippen molar-refractivity contribution in [2.45, 2.75) is 18.9 Å². The van der Waals surface area contributed by atoms with Crippen LogP contribution in [0.3, 0.4) is 0 Å². The van der Waals surface area contributed by atoms with E-state index in [9.17, 15) is 14.4 Å². The van der Waals surface area contributed by atoms with E-state index in [0.717, 1.165) is 6.42 Å². The third-order valence-electron chi connectivity index (χ3n) is 5.71. The second kappa shape index (κ2) is 5.99. The Kier molecular flexibility index (Phi) is 3.91. The second-order valence-electron chi connectivity index (χ2n) is 6.99. The molecule has 1 aromatic rings. The molecule has 4 rings (SSSR count). The minimum absolute atomic E-state index is 0.0382. The predicted molar refractivity (Wildman–Crippen MR) is 92.4 cm³/mol. The van der Waals surface area contributed by atoms with E-state index in [-0.39, 0.29) is 47.8 Å². The van der Waals surface area contributed by atoms with Gasteiger partial charge in [0.15, 0.2) is 0 Å². The van der Waals surface area contributed by atoms with Gasteiger partial charge in [-0.25, -0.2) is 0 Å². The molecule has 5 unspecified atom stereocenters. The Hall–Kier alpha value is -2.14. The summed E-state index contributed by atoms with van der Waals surface area (Å²) in [7, 11) is 1.55. The number of benzene rings is 1. The van der Waals surface area contributed by atoms with Crippen molar-refractivity contribution in [2.24, 2.45) is 23.7 Å². The maximum Gasteiger partial charge on any atom is 0.234 e. The summed E-state index contributed by atoms with van der Waals surface area (Å²) >= 11 is 6.09. The first-order valence-electron chi connectivity index (χ1n) is 8.52. The van der Waals surface area contributed by atoms with E-state index in [1.165, 1.54) is 4.90 Å². The lowest BCUT2D eigenvalue weighted by atomic mass is 9.85. The lowest BCUT2D eigenvalue weighted by Gasteiger charge is -2.28. The predicted octanol–water partition coefficient (Wildman–Crippen LogP) is 2.32. The van der Waals surface area contributed by atoms with E-state index in [1.54, 1.807) is 31.3 Å². The number of amides is 3. The number of nitrogens with one attached hydrogen (secondary N) is 1. The molecule has 6 heteroatoms. The zero-order chi connectivity index (χ0) is 17.7. The first-order valence-corrected chi connectivity index (χ1v) is 8.90. The van der Waals surface area contributed by atoms with Crippen molar-refractivity contribution >= 4 is 29.3 Å². The third kappa shape index (κ3) is 2.49. The molecule has 25 heavy (non-hydrogen) atoms. The molecule has 0 aromatic heterocycles. The Morgan fingerprint density at radius 2 is 1.88 bits per heavy atom. The molecule has 2 aliphatic carbocycles. The summed E-state index contributed by atoms with van der Waals surface area (Å²) in [6, 6.07) is 6.40. The van der Waals surface area contributed by atoms with E-state index >= 15 is 0 Å². The summed E-state index contributed by atoms with van der Waals surface area (Å²) in [5.74, 6) is -0.763. The van der Waals surface area contributed by atoms with Crippen LogP contribution in [0.4, 0.5) is 0 Å². The molecule has 5 atom stereocenters. The van der Waals surface area contributed by atoms with Crippen molar-refractivity contribution in [1.82, 2.24) is 10.2 Å². The number of imide groups is 1. The fraction of sp³-hybridized carbons (Fsp3) is 0.421. The Labute approximate surface area is 151 Å². The third-order valence-corrected chi connectivity index (χ3v) is 5.94. The van der Waals surface area contributed by atoms with Gasteiger partial charge < -0.3 is 5.32 Å². The van der Waals surface area contributed by atoms with Crippen LogP contribution >= 0.6 is 11.6 Å².